The fraction of sp³-hybridized carbons (Fsp3) is 0.100. The molecule has 0 atom stereocenters. The molecule has 0 radical (unpaired) electrons. The first-order chi connectivity index (χ1) is 7.91. The summed E-state index contributed by atoms with van der Waals surface area (Å²) in [6.07, 6.45) is -3.59. The lowest BCUT2D eigenvalue weighted by Crippen LogP contribution is -2.19. The highest BCUT2D eigenvalue weighted by molar-refractivity contribution is 5.46. The van der Waals surface area contributed by atoms with Crippen LogP contribution in [0.15, 0.2) is 29.2 Å². The summed E-state index contributed by atoms with van der Waals surface area (Å²) in [6.45, 7) is 0. The Morgan fingerprint density at radius 3 is 2.65 bits per heavy atom. The molecule has 17 heavy (non-hydrogen) atoms. The predicted molar refractivity (Wildman–Crippen MR) is 51.2 cm³/mol. The van der Waals surface area contributed by atoms with Gasteiger partial charge in [-0.1, -0.05) is 0 Å². The number of halogens is 3. The Hall–Kier alpha value is -2.36. The Labute approximate surface area is 92.6 Å². The average Bonchev–Trinajstić information content (AvgIpc) is 2.25. The van der Waals surface area contributed by atoms with E-state index in [-0.39, 0.29) is 11.2 Å². The van der Waals surface area contributed by atoms with Crippen LogP contribution in [0.25, 0.3) is 5.65 Å². The van der Waals surface area contributed by atoms with Gasteiger partial charge < -0.3 is 0 Å². The van der Waals surface area contributed by atoms with Gasteiger partial charge in [-0.2, -0.15) is 23.4 Å². The summed E-state index contributed by atoms with van der Waals surface area (Å²) in [5.41, 5.74) is -2.18. The molecule has 0 aliphatic rings. The minimum atomic E-state index is -4.65. The third-order valence-corrected chi connectivity index (χ3v) is 2.10. The second kappa shape index (κ2) is 3.59. The first-order valence-corrected chi connectivity index (χ1v) is 4.42. The average molecular weight is 239 g/mol. The van der Waals surface area contributed by atoms with Crippen LogP contribution in [0, 0.1) is 11.3 Å². The third-order valence-electron chi connectivity index (χ3n) is 2.10. The molecule has 4 nitrogen and oxygen atoms in total. The van der Waals surface area contributed by atoms with Crippen LogP contribution in [0.5, 0.6) is 0 Å². The van der Waals surface area contributed by atoms with Crippen molar-refractivity contribution in [2.24, 2.45) is 0 Å². The number of aromatic nitrogens is 2. The highest BCUT2D eigenvalue weighted by atomic mass is 19.4. The second-order valence-electron chi connectivity index (χ2n) is 3.23. The summed E-state index contributed by atoms with van der Waals surface area (Å²) in [5.74, 6) is 0. The van der Waals surface area contributed by atoms with Crippen molar-refractivity contribution in [2.45, 2.75) is 6.18 Å². The van der Waals surface area contributed by atoms with E-state index in [1.165, 1.54) is 6.07 Å². The van der Waals surface area contributed by atoms with Crippen LogP contribution < -0.4 is 5.56 Å². The Morgan fingerprint density at radius 2 is 2.06 bits per heavy atom. The second-order valence-corrected chi connectivity index (χ2v) is 3.23. The minimum absolute atomic E-state index is 0.135. The summed E-state index contributed by atoms with van der Waals surface area (Å²) in [7, 11) is 0. The third kappa shape index (κ3) is 1.97. The van der Waals surface area contributed by atoms with Crippen LogP contribution >= 0.6 is 0 Å². The molecule has 86 valence electrons. The van der Waals surface area contributed by atoms with Gasteiger partial charge in [0.2, 0.25) is 0 Å². The zero-order valence-electron chi connectivity index (χ0n) is 8.19. The number of alkyl halides is 3. The molecule has 7 heteroatoms. The molecule has 2 heterocycles. The molecule has 2 aromatic rings. The van der Waals surface area contributed by atoms with E-state index in [4.69, 9.17) is 5.26 Å². The van der Waals surface area contributed by atoms with Crippen molar-refractivity contribution in [3.05, 3.63) is 46.0 Å². The first-order valence-electron chi connectivity index (χ1n) is 4.42. The maximum Gasteiger partial charge on any atom is 0.432 e. The van der Waals surface area contributed by atoms with Gasteiger partial charge in [0.05, 0.1) is 11.6 Å². The molecule has 0 aliphatic carbocycles. The quantitative estimate of drug-likeness (QED) is 0.701. The van der Waals surface area contributed by atoms with E-state index < -0.39 is 17.4 Å². The summed E-state index contributed by atoms with van der Waals surface area (Å²) >= 11 is 0. The summed E-state index contributed by atoms with van der Waals surface area (Å²) < 4.78 is 38.6. The Kier molecular flexibility index (Phi) is 2.35. The van der Waals surface area contributed by atoms with Gasteiger partial charge in [-0.25, -0.2) is 0 Å². The van der Waals surface area contributed by atoms with Crippen LogP contribution in [-0.2, 0) is 6.18 Å². The van der Waals surface area contributed by atoms with E-state index >= 15 is 0 Å². The molecular formula is C10H4F3N3O. The van der Waals surface area contributed by atoms with Crippen LogP contribution in [0.3, 0.4) is 0 Å². The molecule has 0 unspecified atom stereocenters. The molecule has 2 rings (SSSR count). The predicted octanol–water partition coefficient (Wildman–Crippen LogP) is 1.58. The summed E-state index contributed by atoms with van der Waals surface area (Å²) in [6, 6.07) is 4.51. The lowest BCUT2D eigenvalue weighted by molar-refractivity contribution is -0.142. The number of rotatable bonds is 0. The van der Waals surface area contributed by atoms with Gasteiger partial charge >= 0.3 is 6.18 Å². The van der Waals surface area contributed by atoms with Crippen molar-refractivity contribution < 1.29 is 13.2 Å². The Bertz CT molecular complexity index is 682. The van der Waals surface area contributed by atoms with E-state index in [9.17, 15) is 18.0 Å². The smallest absolute Gasteiger partial charge is 0.297 e. The van der Waals surface area contributed by atoms with Crippen molar-refractivity contribution >= 4 is 5.65 Å². The molecule has 0 N–H and O–H groups in total. The van der Waals surface area contributed by atoms with Crippen molar-refractivity contribution in [3.63, 3.8) is 0 Å². The maximum absolute atomic E-state index is 12.6. The first kappa shape index (κ1) is 11.1. The number of fused-ring (bicyclic) bond motifs is 1. The molecule has 0 fully saturated rings. The van der Waals surface area contributed by atoms with Crippen molar-refractivity contribution in [2.75, 3.05) is 0 Å². The fourth-order valence-corrected chi connectivity index (χ4v) is 1.40. The zero-order valence-corrected chi connectivity index (χ0v) is 8.19. The van der Waals surface area contributed by atoms with E-state index in [0.29, 0.717) is 6.07 Å². The van der Waals surface area contributed by atoms with Gasteiger partial charge in [0.25, 0.3) is 5.56 Å². The molecule has 0 aliphatic heterocycles. The Balaban J connectivity index is 2.88. The monoisotopic (exact) mass is 239 g/mol. The highest BCUT2D eigenvalue weighted by Gasteiger charge is 2.33. The summed E-state index contributed by atoms with van der Waals surface area (Å²) in [4.78, 5) is 14.5. The summed E-state index contributed by atoms with van der Waals surface area (Å²) in [5, 5.41) is 8.61. The number of pyridine rings is 1. The SMILES string of the molecule is N#Cc1ccn2c(C(F)(F)F)cc(=O)nc2c1. The standard InChI is InChI=1S/C10H4F3N3O/c11-10(12,13)7-4-9(17)15-8-3-6(5-14)1-2-16(7)8/h1-4H. The van der Waals surface area contributed by atoms with Gasteiger partial charge in [0.15, 0.2) is 0 Å². The van der Waals surface area contributed by atoms with Crippen LogP contribution in [0.1, 0.15) is 11.3 Å². The highest BCUT2D eigenvalue weighted by Crippen LogP contribution is 2.28. The van der Waals surface area contributed by atoms with Crippen molar-refractivity contribution in [1.29, 1.82) is 5.26 Å². The van der Waals surface area contributed by atoms with Gasteiger partial charge in [0.1, 0.15) is 11.3 Å². The molecule has 0 spiro atoms. The van der Waals surface area contributed by atoms with Gasteiger partial charge in [-0.3, -0.25) is 9.20 Å². The van der Waals surface area contributed by atoms with Crippen molar-refractivity contribution in [3.8, 4) is 6.07 Å². The van der Waals surface area contributed by atoms with E-state index in [2.05, 4.69) is 4.98 Å². The Morgan fingerprint density at radius 1 is 1.35 bits per heavy atom. The van der Waals surface area contributed by atoms with Gasteiger partial charge in [-0.05, 0) is 12.1 Å². The molecule has 0 aromatic carbocycles. The normalized spacial score (nSPS) is 11.4. The van der Waals surface area contributed by atoms with Crippen molar-refractivity contribution in [1.82, 2.24) is 9.38 Å². The molecule has 0 saturated heterocycles. The zero-order chi connectivity index (χ0) is 12.6. The van der Waals surface area contributed by atoms with E-state index in [0.717, 1.165) is 16.7 Å². The van der Waals surface area contributed by atoms with Gasteiger partial charge in [0, 0.05) is 12.3 Å². The van der Waals surface area contributed by atoms with E-state index in [1.54, 1.807) is 6.07 Å². The molecule has 0 amide bonds. The molecule has 2 aromatic heterocycles. The fourth-order valence-electron chi connectivity index (χ4n) is 1.40. The number of hydrogen-bond donors (Lipinski definition) is 0. The van der Waals surface area contributed by atoms with Crippen LogP contribution in [0.2, 0.25) is 0 Å². The lowest BCUT2D eigenvalue weighted by atomic mass is 10.2. The topological polar surface area (TPSA) is 58.2 Å². The van der Waals surface area contributed by atoms with Gasteiger partial charge in [-0.15, -0.1) is 0 Å². The number of nitrogens with zero attached hydrogens (tertiary/aromatic N) is 3. The number of nitriles is 1. The minimum Gasteiger partial charge on any atom is -0.297 e. The van der Waals surface area contributed by atoms with E-state index in [1.807, 2.05) is 0 Å². The lowest BCUT2D eigenvalue weighted by Gasteiger charge is -2.10. The number of hydrogen-bond acceptors (Lipinski definition) is 3. The molecule has 0 bridgehead atoms. The maximum atomic E-state index is 12.6. The molecule has 0 saturated carbocycles. The molecular weight excluding hydrogens is 235 g/mol. The largest absolute Gasteiger partial charge is 0.432 e. The van der Waals surface area contributed by atoms with Crippen LogP contribution in [-0.4, -0.2) is 9.38 Å². The van der Waals surface area contributed by atoms with Crippen LogP contribution in [0.4, 0.5) is 13.2 Å².